The lowest BCUT2D eigenvalue weighted by Crippen LogP contribution is -2.40. The molecule has 1 fully saturated rings. The van der Waals surface area contributed by atoms with Gasteiger partial charge < -0.3 is 19.7 Å². The Bertz CT molecular complexity index is 1010. The van der Waals surface area contributed by atoms with Gasteiger partial charge in [0.05, 0.1) is 11.9 Å². The van der Waals surface area contributed by atoms with E-state index in [0.717, 1.165) is 18.5 Å². The second-order valence-electron chi connectivity index (χ2n) is 6.98. The van der Waals surface area contributed by atoms with E-state index in [2.05, 4.69) is 10.3 Å². The van der Waals surface area contributed by atoms with Gasteiger partial charge in [-0.15, -0.1) is 0 Å². The van der Waals surface area contributed by atoms with Gasteiger partial charge in [0.2, 0.25) is 11.8 Å². The van der Waals surface area contributed by atoms with Crippen LogP contribution in [0.3, 0.4) is 0 Å². The number of halogens is 2. The standard InChI is InChI=1S/C19H21ClFN3O4S/c1-22-12-4-6-13(7-5-12)28-19-16-17(15(20)18(21)23-19)29(25,26)10-8-24(16)11-14-3-2-9-27-14/h4-7,14,22H,2-3,8-11H2,1H3/t14-/m0/s1. The largest absolute Gasteiger partial charge is 0.437 e. The molecular formula is C19H21ClFN3O4S. The first-order valence-corrected chi connectivity index (χ1v) is 11.4. The lowest BCUT2D eigenvalue weighted by Gasteiger charge is -2.33. The van der Waals surface area contributed by atoms with Gasteiger partial charge in [-0.3, -0.25) is 0 Å². The summed E-state index contributed by atoms with van der Waals surface area (Å²) < 4.78 is 51.4. The average Bonchev–Trinajstić information content (AvgIpc) is 3.21. The van der Waals surface area contributed by atoms with Crippen LogP contribution in [0.25, 0.3) is 0 Å². The number of pyridine rings is 1. The Morgan fingerprint density at radius 2 is 2.14 bits per heavy atom. The molecule has 7 nitrogen and oxygen atoms in total. The molecule has 1 aromatic carbocycles. The van der Waals surface area contributed by atoms with Crippen LogP contribution in [0.5, 0.6) is 11.6 Å². The van der Waals surface area contributed by atoms with E-state index in [0.29, 0.717) is 18.9 Å². The molecule has 156 valence electrons. The summed E-state index contributed by atoms with van der Waals surface area (Å²) in [5.41, 5.74) is 1.06. The van der Waals surface area contributed by atoms with E-state index in [1.54, 1.807) is 31.3 Å². The summed E-state index contributed by atoms with van der Waals surface area (Å²) in [5, 5.41) is 2.49. The molecule has 3 heterocycles. The molecule has 0 bridgehead atoms. The van der Waals surface area contributed by atoms with Crippen molar-refractivity contribution in [3.05, 3.63) is 35.2 Å². The first kappa shape index (κ1) is 20.2. The highest BCUT2D eigenvalue weighted by Gasteiger charge is 2.38. The van der Waals surface area contributed by atoms with Gasteiger partial charge in [0.15, 0.2) is 9.84 Å². The third kappa shape index (κ3) is 3.99. The van der Waals surface area contributed by atoms with Crippen molar-refractivity contribution in [1.82, 2.24) is 4.98 Å². The van der Waals surface area contributed by atoms with Crippen molar-refractivity contribution < 1.29 is 22.3 Å². The molecular weight excluding hydrogens is 421 g/mol. The number of benzene rings is 1. The molecule has 0 saturated carbocycles. The van der Waals surface area contributed by atoms with Gasteiger partial charge >= 0.3 is 0 Å². The Morgan fingerprint density at radius 3 is 2.79 bits per heavy atom. The van der Waals surface area contributed by atoms with Crippen LogP contribution in [0, 0.1) is 5.95 Å². The molecule has 29 heavy (non-hydrogen) atoms. The van der Waals surface area contributed by atoms with Gasteiger partial charge in [-0.2, -0.15) is 9.37 Å². The Labute approximate surface area is 173 Å². The minimum atomic E-state index is -3.77. The maximum absolute atomic E-state index is 14.4. The number of sulfone groups is 1. The third-order valence-electron chi connectivity index (χ3n) is 5.06. The fraction of sp³-hybridized carbons (Fsp3) is 0.421. The Kier molecular flexibility index (Phi) is 5.54. The SMILES string of the molecule is CNc1ccc(Oc2nc(F)c(Cl)c3c2N(C[C@@H]2CCCO2)CCS3(=O)=O)cc1. The first-order valence-electron chi connectivity index (χ1n) is 9.33. The van der Waals surface area contributed by atoms with Crippen LogP contribution >= 0.6 is 11.6 Å². The van der Waals surface area contributed by atoms with Crippen LogP contribution in [-0.4, -0.2) is 52.0 Å². The number of rotatable bonds is 5. The van der Waals surface area contributed by atoms with Gasteiger partial charge in [0, 0.05) is 32.4 Å². The minimum Gasteiger partial charge on any atom is -0.437 e. The van der Waals surface area contributed by atoms with Crippen LogP contribution in [0.2, 0.25) is 5.02 Å². The molecule has 1 saturated heterocycles. The maximum atomic E-state index is 14.4. The fourth-order valence-corrected chi connectivity index (χ4v) is 5.60. The molecule has 1 atom stereocenters. The molecule has 0 radical (unpaired) electrons. The van der Waals surface area contributed by atoms with Crippen LogP contribution in [-0.2, 0) is 14.6 Å². The molecule has 2 aliphatic heterocycles. The zero-order valence-corrected chi connectivity index (χ0v) is 17.4. The van der Waals surface area contributed by atoms with Gasteiger partial charge in [-0.1, -0.05) is 11.6 Å². The average molecular weight is 442 g/mol. The van der Waals surface area contributed by atoms with E-state index in [9.17, 15) is 12.8 Å². The monoisotopic (exact) mass is 441 g/mol. The normalized spacial score (nSPS) is 20.4. The molecule has 0 aliphatic carbocycles. The fourth-order valence-electron chi connectivity index (χ4n) is 3.58. The second-order valence-corrected chi connectivity index (χ2v) is 9.40. The lowest BCUT2D eigenvalue weighted by molar-refractivity contribution is 0.115. The van der Waals surface area contributed by atoms with Gasteiger partial charge in [0.1, 0.15) is 21.4 Å². The van der Waals surface area contributed by atoms with Crippen LogP contribution < -0.4 is 15.0 Å². The molecule has 1 N–H and O–H groups in total. The van der Waals surface area contributed by atoms with E-state index < -0.39 is 20.8 Å². The summed E-state index contributed by atoms with van der Waals surface area (Å²) in [6, 6.07) is 6.95. The van der Waals surface area contributed by atoms with Crippen molar-refractivity contribution in [3.8, 4) is 11.6 Å². The number of fused-ring (bicyclic) bond motifs is 1. The van der Waals surface area contributed by atoms with Crippen LogP contribution in [0.15, 0.2) is 29.2 Å². The number of nitrogens with one attached hydrogen (secondary N) is 1. The summed E-state index contributed by atoms with van der Waals surface area (Å²) >= 11 is 6.05. The van der Waals surface area contributed by atoms with E-state index in [-0.39, 0.29) is 34.9 Å². The number of hydrogen-bond donors (Lipinski definition) is 1. The molecule has 2 aliphatic rings. The quantitative estimate of drug-likeness (QED) is 0.711. The topological polar surface area (TPSA) is 80.8 Å². The number of anilines is 2. The van der Waals surface area contributed by atoms with Crippen molar-refractivity contribution in [1.29, 1.82) is 0 Å². The van der Waals surface area contributed by atoms with Gasteiger partial charge in [-0.05, 0) is 37.1 Å². The van der Waals surface area contributed by atoms with Crippen LogP contribution in [0.4, 0.5) is 15.8 Å². The highest BCUT2D eigenvalue weighted by molar-refractivity contribution is 7.91. The first-order chi connectivity index (χ1) is 13.9. The molecule has 0 unspecified atom stereocenters. The van der Waals surface area contributed by atoms with Crippen LogP contribution in [0.1, 0.15) is 12.8 Å². The minimum absolute atomic E-state index is 0.0322. The summed E-state index contributed by atoms with van der Waals surface area (Å²) in [6.07, 6.45) is 1.80. The van der Waals surface area contributed by atoms with E-state index in [1.807, 2.05) is 4.90 Å². The van der Waals surface area contributed by atoms with Crippen molar-refractivity contribution in [2.45, 2.75) is 23.8 Å². The smallest absolute Gasteiger partial charge is 0.247 e. The highest BCUT2D eigenvalue weighted by atomic mass is 35.5. The third-order valence-corrected chi connectivity index (χ3v) is 7.26. The summed E-state index contributed by atoms with van der Waals surface area (Å²) in [5.74, 6) is -0.956. The molecule has 0 amide bonds. The number of hydrogen-bond acceptors (Lipinski definition) is 7. The number of nitrogens with zero attached hydrogens (tertiary/aromatic N) is 2. The molecule has 2 aromatic rings. The molecule has 1 aromatic heterocycles. The summed E-state index contributed by atoms with van der Waals surface area (Å²) in [7, 11) is -1.98. The van der Waals surface area contributed by atoms with Crippen molar-refractivity contribution >= 4 is 32.8 Å². The summed E-state index contributed by atoms with van der Waals surface area (Å²) in [4.78, 5) is 5.39. The Hall–Kier alpha value is -2.10. The Balaban J connectivity index is 1.78. The maximum Gasteiger partial charge on any atom is 0.247 e. The zero-order valence-electron chi connectivity index (χ0n) is 15.8. The Morgan fingerprint density at radius 1 is 1.38 bits per heavy atom. The summed E-state index contributed by atoms with van der Waals surface area (Å²) in [6.45, 7) is 1.36. The van der Waals surface area contributed by atoms with E-state index in [1.165, 1.54) is 0 Å². The molecule has 0 spiro atoms. The number of ether oxygens (including phenoxy) is 2. The predicted molar refractivity (Wildman–Crippen MR) is 109 cm³/mol. The van der Waals surface area contributed by atoms with Crippen molar-refractivity contribution in [2.24, 2.45) is 0 Å². The van der Waals surface area contributed by atoms with E-state index >= 15 is 0 Å². The number of aromatic nitrogens is 1. The molecule has 4 rings (SSSR count). The van der Waals surface area contributed by atoms with Gasteiger partial charge in [-0.25, -0.2) is 8.42 Å². The lowest BCUT2D eigenvalue weighted by atomic mass is 10.2. The highest BCUT2D eigenvalue weighted by Crippen LogP contribution is 2.44. The molecule has 10 heteroatoms. The van der Waals surface area contributed by atoms with Crippen molar-refractivity contribution in [3.63, 3.8) is 0 Å². The zero-order chi connectivity index (χ0) is 20.6. The predicted octanol–water partition coefficient (Wildman–Crippen LogP) is 3.48. The van der Waals surface area contributed by atoms with E-state index in [4.69, 9.17) is 21.1 Å². The van der Waals surface area contributed by atoms with Gasteiger partial charge in [0.25, 0.3) is 0 Å². The second kappa shape index (κ2) is 7.97. The van der Waals surface area contributed by atoms with Crippen molar-refractivity contribution in [2.75, 3.05) is 42.7 Å².